The van der Waals surface area contributed by atoms with Gasteiger partial charge in [-0.15, -0.1) is 16.4 Å². The lowest BCUT2D eigenvalue weighted by atomic mass is 10.0. The summed E-state index contributed by atoms with van der Waals surface area (Å²) in [7, 11) is 0. The van der Waals surface area contributed by atoms with E-state index in [1.807, 2.05) is 26.8 Å². The number of anilines is 1. The summed E-state index contributed by atoms with van der Waals surface area (Å²) < 4.78 is 3.34. The molecule has 0 aliphatic carbocycles. The van der Waals surface area contributed by atoms with Crippen LogP contribution in [0.25, 0.3) is 5.82 Å². The molecule has 1 aliphatic heterocycles. The highest BCUT2D eigenvalue weighted by Gasteiger charge is 2.30. The first-order valence-corrected chi connectivity index (χ1v) is 9.53. The third-order valence-corrected chi connectivity index (χ3v) is 5.89. The van der Waals surface area contributed by atoms with Crippen LogP contribution in [-0.2, 0) is 6.54 Å². The third kappa shape index (κ3) is 3.05. The highest BCUT2D eigenvalue weighted by Crippen LogP contribution is 2.30. The molecular weight excluding hydrogens is 348 g/mol. The second-order valence-electron chi connectivity index (χ2n) is 6.96. The van der Waals surface area contributed by atoms with Gasteiger partial charge in [-0.1, -0.05) is 0 Å². The minimum Gasteiger partial charge on any atom is -0.347 e. The summed E-state index contributed by atoms with van der Waals surface area (Å²) in [5.41, 5.74) is 2.97. The molecule has 26 heavy (non-hydrogen) atoms. The Bertz CT molecular complexity index is 992. The van der Waals surface area contributed by atoms with Crippen molar-refractivity contribution in [3.05, 3.63) is 50.5 Å². The summed E-state index contributed by atoms with van der Waals surface area (Å²) >= 11 is 1.73. The maximum atomic E-state index is 12.2. The molecule has 0 saturated carbocycles. The zero-order valence-electron chi connectivity index (χ0n) is 15.4. The number of hydrogen-bond acceptors (Lipinski definition) is 6. The molecule has 0 radical (unpaired) electrons. The smallest absolute Gasteiger partial charge is 0.266 e. The molecule has 3 aromatic rings. The fourth-order valence-electron chi connectivity index (χ4n) is 3.22. The van der Waals surface area contributed by atoms with Crippen LogP contribution in [0.15, 0.2) is 23.0 Å². The Balaban J connectivity index is 1.48. The molecule has 0 unspecified atom stereocenters. The fraction of sp³-hybridized carbons (Fsp3) is 0.444. The van der Waals surface area contributed by atoms with Gasteiger partial charge in [0.25, 0.3) is 5.56 Å². The second-order valence-corrected chi connectivity index (χ2v) is 8.14. The SMILES string of the molecule is Cc1cc(C)n(-c2ccc(=O)n(CC3CN(c4nc(C)c(C)s4)C3)n2)n1. The van der Waals surface area contributed by atoms with Crippen molar-refractivity contribution in [3.8, 4) is 5.82 Å². The molecule has 8 heteroatoms. The first kappa shape index (κ1) is 17.0. The quantitative estimate of drug-likeness (QED) is 0.705. The first-order valence-electron chi connectivity index (χ1n) is 8.71. The van der Waals surface area contributed by atoms with Crippen molar-refractivity contribution >= 4 is 16.5 Å². The van der Waals surface area contributed by atoms with E-state index >= 15 is 0 Å². The van der Waals surface area contributed by atoms with Gasteiger partial charge in [-0.2, -0.15) is 5.10 Å². The molecule has 0 N–H and O–H groups in total. The molecule has 0 aromatic carbocycles. The lowest BCUT2D eigenvalue weighted by Gasteiger charge is -2.39. The molecule has 1 aliphatic rings. The lowest BCUT2D eigenvalue weighted by Crippen LogP contribution is -2.49. The third-order valence-electron chi connectivity index (χ3n) is 4.76. The van der Waals surface area contributed by atoms with Crippen LogP contribution in [-0.4, -0.2) is 37.6 Å². The van der Waals surface area contributed by atoms with E-state index in [1.54, 1.807) is 32.8 Å². The van der Waals surface area contributed by atoms with E-state index in [2.05, 4.69) is 27.0 Å². The molecule has 0 bridgehead atoms. The Morgan fingerprint density at radius 2 is 1.92 bits per heavy atom. The van der Waals surface area contributed by atoms with Gasteiger partial charge in [0.05, 0.1) is 17.9 Å². The highest BCUT2D eigenvalue weighted by atomic mass is 32.1. The van der Waals surface area contributed by atoms with E-state index in [0.29, 0.717) is 18.3 Å². The Labute approximate surface area is 155 Å². The van der Waals surface area contributed by atoms with Gasteiger partial charge in [-0.25, -0.2) is 14.3 Å². The maximum absolute atomic E-state index is 12.2. The van der Waals surface area contributed by atoms with E-state index < -0.39 is 0 Å². The molecule has 1 fully saturated rings. The molecule has 7 nitrogen and oxygen atoms in total. The van der Waals surface area contributed by atoms with Crippen molar-refractivity contribution in [3.63, 3.8) is 0 Å². The number of rotatable bonds is 4. The molecule has 3 aromatic heterocycles. The molecular formula is C18H22N6OS. The van der Waals surface area contributed by atoms with Gasteiger partial charge >= 0.3 is 0 Å². The minimum atomic E-state index is -0.0744. The predicted molar refractivity (Wildman–Crippen MR) is 102 cm³/mol. The van der Waals surface area contributed by atoms with E-state index in [-0.39, 0.29) is 5.56 Å². The van der Waals surface area contributed by atoms with Crippen LogP contribution in [0.3, 0.4) is 0 Å². The average molecular weight is 370 g/mol. The molecule has 4 heterocycles. The average Bonchev–Trinajstić information content (AvgIpc) is 3.06. The molecule has 136 valence electrons. The summed E-state index contributed by atoms with van der Waals surface area (Å²) in [6.07, 6.45) is 0. The van der Waals surface area contributed by atoms with Gasteiger partial charge in [0.2, 0.25) is 0 Å². The predicted octanol–water partition coefficient (Wildman–Crippen LogP) is 2.26. The van der Waals surface area contributed by atoms with Crippen LogP contribution >= 0.6 is 11.3 Å². The van der Waals surface area contributed by atoms with Crippen LogP contribution in [0, 0.1) is 33.6 Å². The zero-order valence-corrected chi connectivity index (χ0v) is 16.2. The molecule has 0 atom stereocenters. The molecule has 0 spiro atoms. The number of aromatic nitrogens is 5. The van der Waals surface area contributed by atoms with Crippen molar-refractivity contribution < 1.29 is 0 Å². The summed E-state index contributed by atoms with van der Waals surface area (Å²) in [6, 6.07) is 5.30. The number of nitrogens with zero attached hydrogens (tertiary/aromatic N) is 6. The minimum absolute atomic E-state index is 0.0744. The normalized spacial score (nSPS) is 14.7. The molecule has 4 rings (SSSR count). The Kier molecular flexibility index (Phi) is 4.14. The standard InChI is InChI=1S/C18H22N6OS/c1-11-7-12(2)24(20-11)16-5-6-17(25)23(21-16)10-15-8-22(9-15)18-19-13(3)14(4)26-18/h5-7,15H,8-10H2,1-4H3. The van der Waals surface area contributed by atoms with Crippen LogP contribution in [0.1, 0.15) is 22.0 Å². The zero-order chi connectivity index (χ0) is 18.4. The van der Waals surface area contributed by atoms with Crippen LogP contribution < -0.4 is 10.5 Å². The monoisotopic (exact) mass is 370 g/mol. The summed E-state index contributed by atoms with van der Waals surface area (Å²) in [6.45, 7) is 10.5. The number of hydrogen-bond donors (Lipinski definition) is 0. The Hall–Kier alpha value is -2.48. The van der Waals surface area contributed by atoms with Gasteiger partial charge in [-0.05, 0) is 39.8 Å². The van der Waals surface area contributed by atoms with Gasteiger partial charge < -0.3 is 4.90 Å². The Morgan fingerprint density at radius 3 is 2.54 bits per heavy atom. The van der Waals surface area contributed by atoms with Gasteiger partial charge in [0, 0.05) is 35.6 Å². The van der Waals surface area contributed by atoms with Crippen molar-refractivity contribution in [1.82, 2.24) is 24.5 Å². The first-order chi connectivity index (χ1) is 12.4. The number of thiazole rings is 1. The second kappa shape index (κ2) is 6.35. The van der Waals surface area contributed by atoms with Crippen molar-refractivity contribution in [2.45, 2.75) is 34.2 Å². The van der Waals surface area contributed by atoms with Gasteiger partial charge in [-0.3, -0.25) is 4.79 Å². The van der Waals surface area contributed by atoms with E-state index in [0.717, 1.165) is 35.3 Å². The van der Waals surface area contributed by atoms with Crippen LogP contribution in [0.4, 0.5) is 5.13 Å². The number of aryl methyl sites for hydroxylation is 4. The van der Waals surface area contributed by atoms with Crippen LogP contribution in [0.2, 0.25) is 0 Å². The van der Waals surface area contributed by atoms with Crippen molar-refractivity contribution in [1.29, 1.82) is 0 Å². The summed E-state index contributed by atoms with van der Waals surface area (Å²) in [4.78, 5) is 20.4. The lowest BCUT2D eigenvalue weighted by molar-refractivity contribution is 0.333. The Morgan fingerprint density at radius 1 is 1.15 bits per heavy atom. The molecule has 0 amide bonds. The van der Waals surface area contributed by atoms with Gasteiger partial charge in [0.15, 0.2) is 10.9 Å². The maximum Gasteiger partial charge on any atom is 0.266 e. The molecule has 1 saturated heterocycles. The van der Waals surface area contributed by atoms with Crippen LogP contribution in [0.5, 0.6) is 0 Å². The van der Waals surface area contributed by atoms with Gasteiger partial charge in [0.1, 0.15) is 0 Å². The topological polar surface area (TPSA) is 68.8 Å². The van der Waals surface area contributed by atoms with E-state index in [4.69, 9.17) is 0 Å². The fourth-order valence-corrected chi connectivity index (χ4v) is 4.15. The highest BCUT2D eigenvalue weighted by molar-refractivity contribution is 7.15. The summed E-state index contributed by atoms with van der Waals surface area (Å²) in [5, 5.41) is 10.1. The van der Waals surface area contributed by atoms with E-state index in [9.17, 15) is 4.79 Å². The largest absolute Gasteiger partial charge is 0.347 e. The summed E-state index contributed by atoms with van der Waals surface area (Å²) in [5.74, 6) is 1.08. The van der Waals surface area contributed by atoms with Crippen molar-refractivity contribution in [2.24, 2.45) is 5.92 Å². The van der Waals surface area contributed by atoms with Crippen molar-refractivity contribution in [2.75, 3.05) is 18.0 Å². The van der Waals surface area contributed by atoms with E-state index in [1.165, 1.54) is 4.88 Å².